The molecule has 0 bridgehead atoms. The molecule has 6 heteroatoms. The summed E-state index contributed by atoms with van der Waals surface area (Å²) in [6.45, 7) is 2.07. The zero-order valence-corrected chi connectivity index (χ0v) is 12.0. The summed E-state index contributed by atoms with van der Waals surface area (Å²) in [7, 11) is 0. The van der Waals surface area contributed by atoms with Crippen LogP contribution in [0.3, 0.4) is 0 Å². The number of rotatable bonds is 4. The van der Waals surface area contributed by atoms with E-state index in [4.69, 9.17) is 18.0 Å². The van der Waals surface area contributed by atoms with Gasteiger partial charge in [0.05, 0.1) is 5.56 Å². The maximum Gasteiger partial charge on any atom is 0.417 e. The van der Waals surface area contributed by atoms with Crippen molar-refractivity contribution < 1.29 is 13.2 Å². The van der Waals surface area contributed by atoms with E-state index in [1.165, 1.54) is 12.1 Å². The standard InChI is InChI=1S/C14H17F3N2S/c1-2-13(6-3-7-13)19-9-4-5-11(14(15,16)17)10(8-9)12(18)20/h4-5,8,19H,2-3,6-7H2,1H3,(H2,18,20). The molecule has 0 atom stereocenters. The molecule has 110 valence electrons. The summed E-state index contributed by atoms with van der Waals surface area (Å²) in [6, 6.07) is 3.89. The van der Waals surface area contributed by atoms with Crippen molar-refractivity contribution in [3.05, 3.63) is 29.3 Å². The fourth-order valence-corrected chi connectivity index (χ4v) is 2.72. The van der Waals surface area contributed by atoms with E-state index in [1.54, 1.807) is 0 Å². The summed E-state index contributed by atoms with van der Waals surface area (Å²) in [5.41, 5.74) is 5.17. The Morgan fingerprint density at radius 1 is 1.40 bits per heavy atom. The molecule has 0 spiro atoms. The minimum atomic E-state index is -4.45. The highest BCUT2D eigenvalue weighted by Crippen LogP contribution is 2.39. The Balaban J connectivity index is 2.33. The van der Waals surface area contributed by atoms with Crippen molar-refractivity contribution >= 4 is 22.9 Å². The Morgan fingerprint density at radius 3 is 2.45 bits per heavy atom. The second-order valence-corrected chi connectivity index (χ2v) is 5.67. The van der Waals surface area contributed by atoms with Crippen LogP contribution in [0.1, 0.15) is 43.7 Å². The molecular formula is C14H17F3N2S. The Morgan fingerprint density at radius 2 is 2.05 bits per heavy atom. The van der Waals surface area contributed by atoms with Crippen LogP contribution in [0.5, 0.6) is 0 Å². The lowest BCUT2D eigenvalue weighted by Gasteiger charge is -2.43. The number of halogens is 3. The summed E-state index contributed by atoms with van der Waals surface area (Å²) in [5, 5.41) is 3.33. The highest BCUT2D eigenvalue weighted by atomic mass is 32.1. The maximum atomic E-state index is 12.9. The van der Waals surface area contributed by atoms with Crippen LogP contribution in [-0.4, -0.2) is 10.5 Å². The molecular weight excluding hydrogens is 285 g/mol. The summed E-state index contributed by atoms with van der Waals surface area (Å²) >= 11 is 4.74. The van der Waals surface area contributed by atoms with Crippen LogP contribution in [0, 0.1) is 0 Å². The molecule has 0 aliphatic heterocycles. The molecule has 1 saturated carbocycles. The first-order chi connectivity index (χ1) is 9.27. The van der Waals surface area contributed by atoms with Crippen LogP contribution in [0.4, 0.5) is 18.9 Å². The average Bonchev–Trinajstić information content (AvgIpc) is 2.32. The Bertz CT molecular complexity index is 516. The molecule has 0 heterocycles. The summed E-state index contributed by atoms with van der Waals surface area (Å²) in [6.07, 6.45) is -0.296. The number of hydrogen-bond acceptors (Lipinski definition) is 2. The monoisotopic (exact) mass is 302 g/mol. The zero-order valence-electron chi connectivity index (χ0n) is 11.2. The van der Waals surface area contributed by atoms with Gasteiger partial charge in [0.2, 0.25) is 0 Å². The van der Waals surface area contributed by atoms with Gasteiger partial charge in [-0.2, -0.15) is 13.2 Å². The van der Waals surface area contributed by atoms with Gasteiger partial charge in [0.15, 0.2) is 0 Å². The van der Waals surface area contributed by atoms with Crippen molar-refractivity contribution in [3.8, 4) is 0 Å². The van der Waals surface area contributed by atoms with Gasteiger partial charge in [-0.25, -0.2) is 0 Å². The predicted octanol–water partition coefficient (Wildman–Crippen LogP) is 4.08. The smallest absolute Gasteiger partial charge is 0.389 e. The molecule has 1 aliphatic rings. The summed E-state index contributed by atoms with van der Waals surface area (Å²) < 4.78 is 38.7. The first kappa shape index (κ1) is 15.1. The topological polar surface area (TPSA) is 38.0 Å². The summed E-state index contributed by atoms with van der Waals surface area (Å²) in [5.74, 6) is 0. The van der Waals surface area contributed by atoms with Crippen molar-refractivity contribution in [3.63, 3.8) is 0 Å². The molecule has 0 unspecified atom stereocenters. The third kappa shape index (κ3) is 2.90. The third-order valence-electron chi connectivity index (χ3n) is 3.99. The van der Waals surface area contributed by atoms with Gasteiger partial charge in [0.25, 0.3) is 0 Å². The van der Waals surface area contributed by atoms with Gasteiger partial charge in [-0.3, -0.25) is 0 Å². The zero-order chi connectivity index (χ0) is 15.0. The first-order valence-electron chi connectivity index (χ1n) is 6.57. The van der Waals surface area contributed by atoms with Crippen LogP contribution in [-0.2, 0) is 6.18 Å². The second kappa shape index (κ2) is 5.24. The van der Waals surface area contributed by atoms with Crippen LogP contribution in [0.25, 0.3) is 0 Å². The molecule has 1 fully saturated rings. The van der Waals surface area contributed by atoms with E-state index in [9.17, 15) is 13.2 Å². The first-order valence-corrected chi connectivity index (χ1v) is 6.97. The number of thiocarbonyl (C=S) groups is 1. The van der Waals surface area contributed by atoms with Crippen LogP contribution >= 0.6 is 12.2 Å². The highest BCUT2D eigenvalue weighted by molar-refractivity contribution is 7.80. The van der Waals surface area contributed by atoms with Crippen molar-refractivity contribution in [1.82, 2.24) is 0 Å². The second-order valence-electron chi connectivity index (χ2n) is 5.23. The van der Waals surface area contributed by atoms with E-state index < -0.39 is 11.7 Å². The van der Waals surface area contributed by atoms with Crippen LogP contribution in [0.2, 0.25) is 0 Å². The number of hydrogen-bond donors (Lipinski definition) is 2. The van der Waals surface area contributed by atoms with Gasteiger partial charge in [0, 0.05) is 16.8 Å². The molecule has 1 aromatic rings. The fourth-order valence-electron chi connectivity index (χ4n) is 2.55. The Hall–Kier alpha value is -1.30. The highest BCUT2D eigenvalue weighted by Gasteiger charge is 2.36. The van der Waals surface area contributed by atoms with E-state index in [-0.39, 0.29) is 16.1 Å². The maximum absolute atomic E-state index is 12.9. The van der Waals surface area contributed by atoms with Crippen LogP contribution < -0.4 is 11.1 Å². The van der Waals surface area contributed by atoms with E-state index in [1.807, 2.05) is 0 Å². The Labute approximate surface area is 121 Å². The molecule has 1 aliphatic carbocycles. The van der Waals surface area contributed by atoms with Gasteiger partial charge in [-0.15, -0.1) is 0 Å². The van der Waals surface area contributed by atoms with E-state index >= 15 is 0 Å². The van der Waals surface area contributed by atoms with Crippen molar-refractivity contribution in [2.45, 2.75) is 44.3 Å². The van der Waals surface area contributed by atoms with E-state index in [2.05, 4.69) is 12.2 Å². The van der Waals surface area contributed by atoms with Crippen molar-refractivity contribution in [2.75, 3.05) is 5.32 Å². The van der Waals surface area contributed by atoms with Gasteiger partial charge < -0.3 is 11.1 Å². The number of nitrogens with two attached hydrogens (primary N) is 1. The largest absolute Gasteiger partial charge is 0.417 e. The molecule has 0 amide bonds. The van der Waals surface area contributed by atoms with Gasteiger partial charge in [0.1, 0.15) is 4.99 Å². The van der Waals surface area contributed by atoms with E-state index in [0.29, 0.717) is 5.69 Å². The lowest BCUT2D eigenvalue weighted by Crippen LogP contribution is -2.44. The fraction of sp³-hybridized carbons (Fsp3) is 0.500. The minimum Gasteiger partial charge on any atom is -0.389 e. The molecule has 2 rings (SSSR count). The van der Waals surface area contributed by atoms with Gasteiger partial charge in [-0.1, -0.05) is 19.1 Å². The number of alkyl halides is 3. The average molecular weight is 302 g/mol. The molecule has 3 N–H and O–H groups in total. The molecule has 0 aromatic heterocycles. The quantitative estimate of drug-likeness (QED) is 0.823. The van der Waals surface area contributed by atoms with E-state index in [0.717, 1.165) is 31.7 Å². The molecule has 0 saturated heterocycles. The van der Waals surface area contributed by atoms with Crippen molar-refractivity contribution in [2.24, 2.45) is 5.73 Å². The molecule has 1 aromatic carbocycles. The molecule has 2 nitrogen and oxygen atoms in total. The number of anilines is 1. The third-order valence-corrected chi connectivity index (χ3v) is 4.21. The lowest BCUT2D eigenvalue weighted by molar-refractivity contribution is -0.137. The van der Waals surface area contributed by atoms with Crippen LogP contribution in [0.15, 0.2) is 18.2 Å². The molecule has 20 heavy (non-hydrogen) atoms. The lowest BCUT2D eigenvalue weighted by atomic mass is 9.74. The minimum absolute atomic E-state index is 0.00718. The van der Waals surface area contributed by atoms with Gasteiger partial charge in [-0.05, 0) is 43.9 Å². The van der Waals surface area contributed by atoms with Gasteiger partial charge >= 0.3 is 6.18 Å². The number of nitrogens with one attached hydrogen (secondary N) is 1. The molecule has 0 radical (unpaired) electrons. The SMILES string of the molecule is CCC1(Nc2ccc(C(F)(F)F)c(C(N)=S)c2)CCC1. The normalized spacial score (nSPS) is 17.4. The summed E-state index contributed by atoms with van der Waals surface area (Å²) in [4.78, 5) is -0.236. The number of benzene rings is 1. The van der Waals surface area contributed by atoms with Crippen molar-refractivity contribution in [1.29, 1.82) is 0 Å². The predicted molar refractivity (Wildman–Crippen MR) is 77.8 cm³/mol. The Kier molecular flexibility index (Phi) is 3.95.